The highest BCUT2D eigenvalue weighted by Crippen LogP contribution is 2.10. The number of rotatable bonds is 4. The minimum absolute atomic E-state index is 0.205. The van der Waals surface area contributed by atoms with Crippen molar-refractivity contribution in [3.63, 3.8) is 0 Å². The van der Waals surface area contributed by atoms with Gasteiger partial charge < -0.3 is 4.42 Å². The Morgan fingerprint density at radius 3 is 2.40 bits per heavy atom. The van der Waals surface area contributed by atoms with Gasteiger partial charge in [0.2, 0.25) is 0 Å². The summed E-state index contributed by atoms with van der Waals surface area (Å²) >= 11 is 0. The van der Waals surface area contributed by atoms with Crippen LogP contribution >= 0.6 is 0 Å². The van der Waals surface area contributed by atoms with E-state index in [2.05, 4.69) is 10.5 Å². The third-order valence-electron chi connectivity index (χ3n) is 2.86. The van der Waals surface area contributed by atoms with E-state index in [0.717, 1.165) is 11.3 Å². The van der Waals surface area contributed by atoms with E-state index < -0.39 is 0 Å². The second-order valence-corrected chi connectivity index (χ2v) is 4.87. The van der Waals surface area contributed by atoms with E-state index in [1.165, 1.54) is 0 Å². The highest BCUT2D eigenvalue weighted by Gasteiger charge is 2.12. The number of carbonyl (C=O) groups excluding carboxylic acids is 1. The van der Waals surface area contributed by atoms with Crippen molar-refractivity contribution < 1.29 is 9.21 Å². The molecule has 0 radical (unpaired) electrons. The number of hydrogen-bond donors (Lipinski definition) is 1. The van der Waals surface area contributed by atoms with E-state index in [-0.39, 0.29) is 17.6 Å². The Kier molecular flexibility index (Phi) is 4.35. The van der Waals surface area contributed by atoms with Crippen molar-refractivity contribution >= 4 is 11.6 Å². The van der Waals surface area contributed by atoms with Crippen LogP contribution in [0, 0.1) is 12.8 Å². The third-order valence-corrected chi connectivity index (χ3v) is 2.86. The number of amides is 1. The van der Waals surface area contributed by atoms with Crippen LogP contribution in [0.3, 0.4) is 0 Å². The van der Waals surface area contributed by atoms with E-state index in [9.17, 15) is 4.79 Å². The summed E-state index contributed by atoms with van der Waals surface area (Å²) in [5.74, 6) is 0.830. The fourth-order valence-corrected chi connectivity index (χ4v) is 1.86. The molecule has 0 aliphatic rings. The van der Waals surface area contributed by atoms with E-state index >= 15 is 0 Å². The molecular weight excluding hydrogens is 252 g/mol. The molecule has 1 amide bonds. The number of carbonyl (C=O) groups is 1. The summed E-state index contributed by atoms with van der Waals surface area (Å²) in [7, 11) is 0. The Morgan fingerprint density at radius 2 is 1.85 bits per heavy atom. The van der Waals surface area contributed by atoms with Crippen LogP contribution in [-0.2, 0) is 0 Å². The molecule has 0 aliphatic carbocycles. The summed E-state index contributed by atoms with van der Waals surface area (Å²) in [6.07, 6.45) is 0. The third kappa shape index (κ3) is 3.35. The first-order valence-corrected chi connectivity index (χ1v) is 6.57. The smallest absolute Gasteiger partial charge is 0.307 e. The van der Waals surface area contributed by atoms with Crippen LogP contribution < -0.4 is 5.43 Å². The number of benzene rings is 1. The van der Waals surface area contributed by atoms with Gasteiger partial charge in [-0.25, -0.2) is 5.43 Å². The number of nitrogens with zero attached hydrogens (tertiary/aromatic N) is 1. The maximum atomic E-state index is 11.9. The largest absolute Gasteiger partial charge is 0.456 e. The van der Waals surface area contributed by atoms with Crippen LogP contribution in [0.25, 0.3) is 0 Å². The summed E-state index contributed by atoms with van der Waals surface area (Å²) in [4.78, 5) is 11.9. The lowest BCUT2D eigenvalue weighted by Crippen LogP contribution is -2.21. The lowest BCUT2D eigenvalue weighted by atomic mass is 10.0. The van der Waals surface area contributed by atoms with Crippen molar-refractivity contribution in [3.05, 3.63) is 59.5 Å². The molecule has 4 heteroatoms. The minimum Gasteiger partial charge on any atom is -0.456 e. The van der Waals surface area contributed by atoms with Crippen molar-refractivity contribution in [3.8, 4) is 0 Å². The number of hydrogen-bond acceptors (Lipinski definition) is 3. The predicted molar refractivity (Wildman–Crippen MR) is 78.7 cm³/mol. The first-order valence-electron chi connectivity index (χ1n) is 6.57. The molecule has 0 saturated heterocycles. The second-order valence-electron chi connectivity index (χ2n) is 4.87. The molecule has 0 atom stereocenters. The molecule has 2 aromatic rings. The highest BCUT2D eigenvalue weighted by molar-refractivity contribution is 6.03. The minimum atomic E-state index is -0.341. The van der Waals surface area contributed by atoms with Crippen molar-refractivity contribution in [1.29, 1.82) is 0 Å². The number of furan rings is 1. The number of aryl methyl sites for hydroxylation is 1. The van der Waals surface area contributed by atoms with Crippen molar-refractivity contribution in [1.82, 2.24) is 5.43 Å². The molecule has 2 rings (SSSR count). The van der Waals surface area contributed by atoms with Gasteiger partial charge in [-0.15, -0.1) is 0 Å². The topological polar surface area (TPSA) is 54.6 Å². The molecule has 1 aromatic carbocycles. The molecule has 1 aromatic heterocycles. The summed E-state index contributed by atoms with van der Waals surface area (Å²) in [5.41, 5.74) is 4.38. The second kappa shape index (κ2) is 6.19. The molecule has 0 saturated carbocycles. The van der Waals surface area contributed by atoms with E-state index in [0.29, 0.717) is 5.76 Å². The average Bonchev–Trinajstić information content (AvgIpc) is 2.86. The fourth-order valence-electron chi connectivity index (χ4n) is 1.86. The van der Waals surface area contributed by atoms with Gasteiger partial charge in [0.1, 0.15) is 5.76 Å². The van der Waals surface area contributed by atoms with Crippen molar-refractivity contribution in [2.24, 2.45) is 11.0 Å². The molecule has 0 bridgehead atoms. The van der Waals surface area contributed by atoms with Gasteiger partial charge in [0.25, 0.3) is 0 Å². The van der Waals surface area contributed by atoms with Gasteiger partial charge >= 0.3 is 5.91 Å². The van der Waals surface area contributed by atoms with Gasteiger partial charge in [0.15, 0.2) is 5.76 Å². The van der Waals surface area contributed by atoms with Gasteiger partial charge in [0, 0.05) is 0 Å². The quantitative estimate of drug-likeness (QED) is 0.684. The first kappa shape index (κ1) is 14.1. The van der Waals surface area contributed by atoms with E-state index in [4.69, 9.17) is 4.42 Å². The SMILES string of the molecule is Cc1ccc(C(=O)N/N=C(/c2ccccc2)C(C)C)o1. The van der Waals surface area contributed by atoms with Crippen LogP contribution in [0.15, 0.2) is 52.0 Å². The number of hydrazone groups is 1. The number of nitrogens with one attached hydrogen (secondary N) is 1. The summed E-state index contributed by atoms with van der Waals surface area (Å²) < 4.78 is 5.26. The maximum absolute atomic E-state index is 11.9. The van der Waals surface area contributed by atoms with Gasteiger partial charge in [-0.3, -0.25) is 4.79 Å². The molecule has 0 aliphatic heterocycles. The fraction of sp³-hybridized carbons (Fsp3) is 0.250. The zero-order valence-corrected chi connectivity index (χ0v) is 11.9. The molecule has 1 N–H and O–H groups in total. The molecule has 0 spiro atoms. The first-order chi connectivity index (χ1) is 9.58. The summed E-state index contributed by atoms with van der Waals surface area (Å²) in [6.45, 7) is 5.87. The Balaban J connectivity index is 2.17. The van der Waals surface area contributed by atoms with Gasteiger partial charge in [-0.2, -0.15) is 5.10 Å². The molecule has 0 unspecified atom stereocenters. The summed E-state index contributed by atoms with van der Waals surface area (Å²) in [5, 5.41) is 4.24. The summed E-state index contributed by atoms with van der Waals surface area (Å²) in [6, 6.07) is 13.2. The van der Waals surface area contributed by atoms with Gasteiger partial charge in [-0.1, -0.05) is 44.2 Å². The zero-order chi connectivity index (χ0) is 14.5. The Bertz CT molecular complexity index is 612. The Morgan fingerprint density at radius 1 is 1.15 bits per heavy atom. The van der Waals surface area contributed by atoms with Crippen LogP contribution in [0.2, 0.25) is 0 Å². The highest BCUT2D eigenvalue weighted by atomic mass is 16.3. The Hall–Kier alpha value is -2.36. The van der Waals surface area contributed by atoms with Gasteiger partial charge in [-0.05, 0) is 30.5 Å². The van der Waals surface area contributed by atoms with Crippen molar-refractivity contribution in [2.75, 3.05) is 0 Å². The lowest BCUT2D eigenvalue weighted by molar-refractivity contribution is 0.0926. The molecule has 0 fully saturated rings. The van der Waals surface area contributed by atoms with E-state index in [1.807, 2.05) is 44.2 Å². The van der Waals surface area contributed by atoms with Crippen LogP contribution in [0.1, 0.15) is 35.7 Å². The molecule has 1 heterocycles. The average molecular weight is 270 g/mol. The maximum Gasteiger partial charge on any atom is 0.307 e. The molecular formula is C16H18N2O2. The normalized spacial score (nSPS) is 11.7. The Labute approximate surface area is 118 Å². The van der Waals surface area contributed by atoms with Crippen molar-refractivity contribution in [2.45, 2.75) is 20.8 Å². The standard InChI is InChI=1S/C16H18N2O2/c1-11(2)15(13-7-5-4-6-8-13)17-18-16(19)14-10-9-12(3)20-14/h4-11H,1-3H3,(H,18,19)/b17-15+. The molecule has 4 nitrogen and oxygen atoms in total. The molecule has 104 valence electrons. The predicted octanol–water partition coefficient (Wildman–Crippen LogP) is 3.38. The van der Waals surface area contributed by atoms with E-state index in [1.54, 1.807) is 19.1 Å². The monoisotopic (exact) mass is 270 g/mol. The molecule has 20 heavy (non-hydrogen) atoms. The van der Waals surface area contributed by atoms with Crippen LogP contribution in [-0.4, -0.2) is 11.6 Å². The van der Waals surface area contributed by atoms with Crippen LogP contribution in [0.5, 0.6) is 0 Å². The van der Waals surface area contributed by atoms with Gasteiger partial charge in [0.05, 0.1) is 5.71 Å². The van der Waals surface area contributed by atoms with Crippen LogP contribution in [0.4, 0.5) is 0 Å². The lowest BCUT2D eigenvalue weighted by Gasteiger charge is -2.10. The zero-order valence-electron chi connectivity index (χ0n) is 11.9.